The van der Waals surface area contributed by atoms with Gasteiger partial charge in [-0.1, -0.05) is 23.2 Å². The van der Waals surface area contributed by atoms with E-state index in [-0.39, 0.29) is 0 Å². The highest BCUT2D eigenvalue weighted by Gasteiger charge is 2.06. The molecule has 1 unspecified atom stereocenters. The second-order valence-corrected chi connectivity index (χ2v) is 5.27. The molecule has 80 valence electrons. The van der Waals surface area contributed by atoms with Gasteiger partial charge < -0.3 is 0 Å². The number of rotatable bonds is 4. The van der Waals surface area contributed by atoms with Crippen LogP contribution in [-0.4, -0.2) is 9.96 Å². The predicted octanol–water partition coefficient (Wildman–Crippen LogP) is 3.40. The number of hydrogen-bond acceptors (Lipinski definition) is 2. The highest BCUT2D eigenvalue weighted by molar-refractivity contribution is 7.85. The van der Waals surface area contributed by atoms with Crippen molar-refractivity contribution < 1.29 is 4.21 Å². The fourth-order valence-corrected chi connectivity index (χ4v) is 2.49. The first-order valence-electron chi connectivity index (χ1n) is 4.35. The first-order valence-corrected chi connectivity index (χ1v) is 6.43. The molecule has 1 aromatic rings. The summed E-state index contributed by atoms with van der Waals surface area (Å²) < 4.78 is 11.7. The smallest absolute Gasteiger partial charge is 0.0622 e. The van der Waals surface area contributed by atoms with Gasteiger partial charge in [-0.3, -0.25) is 4.21 Å². The summed E-state index contributed by atoms with van der Waals surface area (Å²) in [6, 6.07) is 6.93. The monoisotopic (exact) mass is 261 g/mol. The first-order chi connectivity index (χ1) is 7.15. The third kappa shape index (κ3) is 3.83. The molecule has 0 bridgehead atoms. The van der Waals surface area contributed by atoms with E-state index >= 15 is 0 Å². The fraction of sp³-hybridized carbons (Fsp3) is 0.300. The molecule has 0 fully saturated rings. The van der Waals surface area contributed by atoms with Crippen molar-refractivity contribution in [3.8, 4) is 6.07 Å². The van der Waals surface area contributed by atoms with Crippen molar-refractivity contribution in [2.75, 3.05) is 5.75 Å². The Morgan fingerprint density at radius 2 is 2.07 bits per heavy atom. The van der Waals surface area contributed by atoms with Crippen molar-refractivity contribution in [1.29, 1.82) is 5.26 Å². The predicted molar refractivity (Wildman–Crippen MR) is 62.6 cm³/mol. The molecule has 0 saturated carbocycles. The van der Waals surface area contributed by atoms with Crippen molar-refractivity contribution in [2.24, 2.45) is 0 Å². The molecule has 0 aromatic heterocycles. The average molecular weight is 262 g/mol. The zero-order valence-corrected chi connectivity index (χ0v) is 10.2. The number of halogens is 2. The van der Waals surface area contributed by atoms with Gasteiger partial charge in [-0.05, 0) is 24.6 Å². The summed E-state index contributed by atoms with van der Waals surface area (Å²) in [5, 5.41) is 9.20. The summed E-state index contributed by atoms with van der Waals surface area (Å²) in [6.07, 6.45) is 1.05. The third-order valence-corrected chi connectivity index (χ3v) is 3.95. The Bertz CT molecular complexity index is 414. The molecule has 0 N–H and O–H groups in total. The lowest BCUT2D eigenvalue weighted by Crippen LogP contribution is -1.97. The molecule has 1 rings (SSSR count). The van der Waals surface area contributed by atoms with Crippen LogP contribution in [0, 0.1) is 11.3 Å². The van der Waals surface area contributed by atoms with Gasteiger partial charge in [0.05, 0.1) is 26.9 Å². The molecular formula is C10H9Cl2NOS. The van der Waals surface area contributed by atoms with E-state index < -0.39 is 10.8 Å². The van der Waals surface area contributed by atoms with E-state index in [1.165, 1.54) is 0 Å². The van der Waals surface area contributed by atoms with Gasteiger partial charge >= 0.3 is 0 Å². The van der Waals surface area contributed by atoms with Gasteiger partial charge in [0.25, 0.3) is 0 Å². The van der Waals surface area contributed by atoms with Crippen LogP contribution < -0.4 is 0 Å². The fourth-order valence-electron chi connectivity index (χ4n) is 1.02. The standard InChI is InChI=1S/C10H9Cl2NOS/c11-9-4-3-8(7-10(9)12)15(14)6-2-1-5-13/h3-4,7H,1-2,6H2. The van der Waals surface area contributed by atoms with E-state index in [1.807, 2.05) is 6.07 Å². The van der Waals surface area contributed by atoms with Gasteiger partial charge in [0.15, 0.2) is 0 Å². The summed E-state index contributed by atoms with van der Waals surface area (Å²) >= 11 is 11.5. The van der Waals surface area contributed by atoms with Crippen LogP contribution in [0.2, 0.25) is 10.0 Å². The van der Waals surface area contributed by atoms with E-state index in [0.717, 1.165) is 0 Å². The highest BCUT2D eigenvalue weighted by Crippen LogP contribution is 2.24. The molecular weight excluding hydrogens is 253 g/mol. The van der Waals surface area contributed by atoms with Crippen molar-refractivity contribution >= 4 is 34.0 Å². The zero-order chi connectivity index (χ0) is 11.3. The number of unbranched alkanes of at least 4 members (excludes halogenated alkanes) is 1. The minimum absolute atomic E-state index is 0.405. The zero-order valence-electron chi connectivity index (χ0n) is 7.87. The lowest BCUT2D eigenvalue weighted by atomic mass is 10.4. The van der Waals surface area contributed by atoms with Crippen molar-refractivity contribution in [2.45, 2.75) is 17.7 Å². The second kappa shape index (κ2) is 6.12. The maximum absolute atomic E-state index is 11.7. The van der Waals surface area contributed by atoms with Gasteiger partial charge in [0.1, 0.15) is 0 Å². The topological polar surface area (TPSA) is 40.9 Å². The summed E-state index contributed by atoms with van der Waals surface area (Å²) in [7, 11) is -1.10. The molecule has 1 aromatic carbocycles. The molecule has 0 radical (unpaired) electrons. The molecule has 0 aliphatic heterocycles. The molecule has 1 atom stereocenters. The maximum Gasteiger partial charge on any atom is 0.0622 e. The van der Waals surface area contributed by atoms with Crippen LogP contribution in [0.25, 0.3) is 0 Å². The van der Waals surface area contributed by atoms with Crippen molar-refractivity contribution in [1.82, 2.24) is 0 Å². The van der Waals surface area contributed by atoms with Crippen LogP contribution in [0.1, 0.15) is 12.8 Å². The normalized spacial score (nSPS) is 12.1. The molecule has 0 heterocycles. The van der Waals surface area contributed by atoms with Gasteiger partial charge in [0, 0.05) is 17.1 Å². The van der Waals surface area contributed by atoms with E-state index in [9.17, 15) is 4.21 Å². The first kappa shape index (κ1) is 12.5. The third-order valence-electron chi connectivity index (χ3n) is 1.77. The van der Waals surface area contributed by atoms with E-state index in [1.54, 1.807) is 18.2 Å². The number of nitrogens with zero attached hydrogens (tertiary/aromatic N) is 1. The van der Waals surface area contributed by atoms with E-state index in [2.05, 4.69) is 0 Å². The largest absolute Gasteiger partial charge is 0.254 e. The van der Waals surface area contributed by atoms with Crippen molar-refractivity contribution in [3.05, 3.63) is 28.2 Å². The van der Waals surface area contributed by atoms with Crippen molar-refractivity contribution in [3.63, 3.8) is 0 Å². The van der Waals surface area contributed by atoms with E-state index in [4.69, 9.17) is 28.5 Å². The molecule has 5 heteroatoms. The number of benzene rings is 1. The summed E-state index contributed by atoms with van der Waals surface area (Å²) in [4.78, 5) is 0.655. The van der Waals surface area contributed by atoms with Crippen LogP contribution in [0.15, 0.2) is 23.1 Å². The molecule has 0 aliphatic carbocycles. The van der Waals surface area contributed by atoms with Gasteiger partial charge in [-0.15, -0.1) is 0 Å². The van der Waals surface area contributed by atoms with Gasteiger partial charge in [0.2, 0.25) is 0 Å². The van der Waals surface area contributed by atoms with Crippen LogP contribution in [-0.2, 0) is 10.8 Å². The Balaban J connectivity index is 2.67. The lowest BCUT2D eigenvalue weighted by molar-refractivity contribution is 0.681. The summed E-state index contributed by atoms with van der Waals surface area (Å²) in [6.45, 7) is 0. The lowest BCUT2D eigenvalue weighted by Gasteiger charge is -2.02. The van der Waals surface area contributed by atoms with Crippen LogP contribution in [0.3, 0.4) is 0 Å². The second-order valence-electron chi connectivity index (χ2n) is 2.89. The molecule has 0 aliphatic rings. The van der Waals surface area contributed by atoms with Crippen LogP contribution in [0.5, 0.6) is 0 Å². The Morgan fingerprint density at radius 1 is 1.33 bits per heavy atom. The Morgan fingerprint density at radius 3 is 2.67 bits per heavy atom. The number of nitriles is 1. The van der Waals surface area contributed by atoms with E-state index in [0.29, 0.717) is 33.5 Å². The molecule has 0 spiro atoms. The number of hydrogen-bond donors (Lipinski definition) is 0. The molecule has 15 heavy (non-hydrogen) atoms. The van der Waals surface area contributed by atoms with Crippen LogP contribution in [0.4, 0.5) is 0 Å². The van der Waals surface area contributed by atoms with Gasteiger partial charge in [-0.2, -0.15) is 5.26 Å². The quantitative estimate of drug-likeness (QED) is 0.780. The SMILES string of the molecule is N#CCCCS(=O)c1ccc(Cl)c(Cl)c1. The summed E-state index contributed by atoms with van der Waals surface area (Å²) in [5.74, 6) is 0.478. The minimum Gasteiger partial charge on any atom is -0.254 e. The maximum atomic E-state index is 11.7. The Labute approximate surface area is 101 Å². The average Bonchev–Trinajstić information content (AvgIpc) is 2.22. The minimum atomic E-state index is -1.10. The molecule has 0 saturated heterocycles. The van der Waals surface area contributed by atoms with Gasteiger partial charge in [-0.25, -0.2) is 0 Å². The molecule has 2 nitrogen and oxygen atoms in total. The Hall–Kier alpha value is -0.560. The van der Waals surface area contributed by atoms with Crippen LogP contribution >= 0.6 is 23.2 Å². The molecule has 0 amide bonds. The summed E-state index contributed by atoms with van der Waals surface area (Å²) in [5.41, 5.74) is 0. The Kier molecular flexibility index (Phi) is 5.10. The highest BCUT2D eigenvalue weighted by atomic mass is 35.5.